The average molecular weight is 416 g/mol. The maximum atomic E-state index is 11.5. The summed E-state index contributed by atoms with van der Waals surface area (Å²) in [6.07, 6.45) is 4.37. The van der Waals surface area contributed by atoms with Gasteiger partial charge in [0.1, 0.15) is 12.2 Å². The van der Waals surface area contributed by atoms with Gasteiger partial charge in [0.05, 0.1) is 7.11 Å². The van der Waals surface area contributed by atoms with Gasteiger partial charge in [-0.25, -0.2) is 4.57 Å². The van der Waals surface area contributed by atoms with Crippen molar-refractivity contribution >= 4 is 20.2 Å². The van der Waals surface area contributed by atoms with E-state index in [0.29, 0.717) is 17.5 Å². The fourth-order valence-electron chi connectivity index (χ4n) is 5.62. The normalized spacial score (nSPS) is 35.9. The van der Waals surface area contributed by atoms with Gasteiger partial charge >= 0.3 is 7.82 Å². The molecule has 2 heterocycles. The third-order valence-electron chi connectivity index (χ3n) is 6.59. The summed E-state index contributed by atoms with van der Waals surface area (Å²) < 4.78 is 28.5. The summed E-state index contributed by atoms with van der Waals surface area (Å²) in [4.78, 5) is 21.1. The van der Waals surface area contributed by atoms with Crippen molar-refractivity contribution in [3.63, 3.8) is 0 Å². The van der Waals surface area contributed by atoms with E-state index < -0.39 is 20.0 Å². The van der Waals surface area contributed by atoms with Gasteiger partial charge in [-0.15, -0.1) is 12.4 Å². The lowest BCUT2D eigenvalue weighted by Gasteiger charge is -2.56. The molecule has 0 aromatic heterocycles. The molecule has 1 aromatic rings. The van der Waals surface area contributed by atoms with Gasteiger partial charge < -0.3 is 24.2 Å². The number of nitrogens with zero attached hydrogens (tertiary/aromatic N) is 1. The van der Waals surface area contributed by atoms with Gasteiger partial charge in [0.25, 0.3) is 0 Å². The third kappa shape index (κ3) is 2.53. The number of likely N-dealkylation sites (tertiary alicyclic amines) is 1. The number of likely N-dealkylation sites (N-methyl/N-ethyl adjacent to an activating group) is 1. The van der Waals surface area contributed by atoms with Gasteiger partial charge in [0, 0.05) is 22.9 Å². The van der Waals surface area contributed by atoms with Crippen LogP contribution in [0, 0.1) is 5.92 Å². The van der Waals surface area contributed by atoms with Crippen molar-refractivity contribution in [2.24, 2.45) is 5.92 Å². The van der Waals surface area contributed by atoms with Gasteiger partial charge in [-0.05, 0) is 38.1 Å². The molecule has 148 valence electrons. The zero-order valence-corrected chi connectivity index (χ0v) is 16.8. The SMILES string of the molecule is COc1ccc2c3c1O[C@H]1[C@@H](OP(=O)(O)O)C=C[C@H]4[C@@H](C2)N(C)CC[C@@]341.Cl. The van der Waals surface area contributed by atoms with Gasteiger partial charge in [0.2, 0.25) is 0 Å². The van der Waals surface area contributed by atoms with Crippen LogP contribution < -0.4 is 9.47 Å². The highest BCUT2D eigenvalue weighted by Gasteiger charge is 2.65. The molecule has 4 aliphatic rings. The zero-order valence-electron chi connectivity index (χ0n) is 15.1. The highest BCUT2D eigenvalue weighted by atomic mass is 35.5. The average Bonchev–Trinajstić information content (AvgIpc) is 2.93. The molecule has 7 nitrogen and oxygen atoms in total. The van der Waals surface area contributed by atoms with Crippen LogP contribution in [0.5, 0.6) is 11.5 Å². The van der Waals surface area contributed by atoms with E-state index in [4.69, 9.17) is 14.0 Å². The van der Waals surface area contributed by atoms with E-state index in [1.807, 2.05) is 6.07 Å². The topological polar surface area (TPSA) is 88.5 Å². The Kier molecular flexibility index (Phi) is 4.43. The third-order valence-corrected chi connectivity index (χ3v) is 7.11. The van der Waals surface area contributed by atoms with Crippen LogP contribution in [0.4, 0.5) is 0 Å². The molecule has 1 fully saturated rings. The number of hydrogen-bond acceptors (Lipinski definition) is 5. The van der Waals surface area contributed by atoms with Crippen molar-refractivity contribution in [2.45, 2.75) is 36.5 Å². The van der Waals surface area contributed by atoms with Crippen LogP contribution in [0.25, 0.3) is 0 Å². The molecule has 1 spiro atoms. The number of methoxy groups -OCH3 is 1. The van der Waals surface area contributed by atoms with Crippen molar-refractivity contribution < 1.29 is 28.3 Å². The summed E-state index contributed by atoms with van der Waals surface area (Å²) in [5.74, 6) is 1.60. The molecule has 0 amide bonds. The van der Waals surface area contributed by atoms with Gasteiger partial charge in [-0.1, -0.05) is 18.2 Å². The minimum Gasteiger partial charge on any atom is -0.493 e. The van der Waals surface area contributed by atoms with E-state index in [2.05, 4.69) is 24.1 Å². The summed E-state index contributed by atoms with van der Waals surface area (Å²) >= 11 is 0. The van der Waals surface area contributed by atoms with Gasteiger partial charge in [0.15, 0.2) is 11.5 Å². The molecule has 2 N–H and O–H groups in total. The Morgan fingerprint density at radius 1 is 1.33 bits per heavy atom. The first-order valence-corrected chi connectivity index (χ1v) is 10.4. The number of phosphoric ester groups is 1. The monoisotopic (exact) mass is 415 g/mol. The highest BCUT2D eigenvalue weighted by Crippen LogP contribution is 2.63. The standard InChI is InChI=1S/C18H22NO6P.ClH/c1-19-8-7-18-11-4-6-14(25-26(20,21)22)17(18)24-16-13(23-2)5-3-10(15(16)18)9-12(11)19;/h3-6,11-12,14,17H,7-9H2,1-2H3,(H2,20,21,22);1H/t11-,12+,14-,17-,18-;/m0./s1. The molecule has 1 saturated heterocycles. The lowest BCUT2D eigenvalue weighted by molar-refractivity contribution is -0.0440. The van der Waals surface area contributed by atoms with Gasteiger partial charge in [-0.3, -0.25) is 4.52 Å². The number of hydrogen-bond donors (Lipinski definition) is 2. The molecule has 9 heteroatoms. The predicted molar refractivity (Wildman–Crippen MR) is 101 cm³/mol. The van der Waals surface area contributed by atoms with Crippen LogP contribution in [0.1, 0.15) is 17.5 Å². The van der Waals surface area contributed by atoms with E-state index in [1.54, 1.807) is 13.2 Å². The maximum absolute atomic E-state index is 11.5. The molecule has 1 aromatic carbocycles. The molecule has 5 atom stereocenters. The van der Waals surface area contributed by atoms with E-state index >= 15 is 0 Å². The highest BCUT2D eigenvalue weighted by molar-refractivity contribution is 7.46. The smallest absolute Gasteiger partial charge is 0.470 e. The first kappa shape index (κ1) is 19.2. The molecular weight excluding hydrogens is 393 g/mol. The molecule has 5 rings (SSSR count). The number of ether oxygens (including phenoxy) is 2. The van der Waals surface area contributed by atoms with Crippen LogP contribution in [-0.4, -0.2) is 53.6 Å². The molecule has 27 heavy (non-hydrogen) atoms. The van der Waals surface area contributed by atoms with Crippen molar-refractivity contribution in [1.82, 2.24) is 4.90 Å². The summed E-state index contributed by atoms with van der Waals surface area (Å²) in [7, 11) is -0.879. The van der Waals surface area contributed by atoms with E-state index in [9.17, 15) is 14.4 Å². The first-order chi connectivity index (χ1) is 12.3. The Morgan fingerprint density at radius 2 is 2.11 bits per heavy atom. The maximum Gasteiger partial charge on any atom is 0.470 e. The second-order valence-corrected chi connectivity index (χ2v) is 8.88. The Hall–Kier alpha value is -1.08. The number of benzene rings is 1. The minimum absolute atomic E-state index is 0. The molecular formula is C18H23ClNO6P. The molecule has 0 unspecified atom stereocenters. The number of rotatable bonds is 3. The predicted octanol–water partition coefficient (Wildman–Crippen LogP) is 2.04. The zero-order chi connectivity index (χ0) is 18.3. The summed E-state index contributed by atoms with van der Waals surface area (Å²) in [6.45, 7) is 0.910. The second-order valence-electron chi connectivity index (χ2n) is 7.68. The summed E-state index contributed by atoms with van der Waals surface area (Å²) in [5, 5.41) is 0. The van der Waals surface area contributed by atoms with Crippen LogP contribution in [-0.2, 0) is 20.9 Å². The summed E-state index contributed by atoms with van der Waals surface area (Å²) in [5.41, 5.74) is 2.06. The Morgan fingerprint density at radius 3 is 2.81 bits per heavy atom. The first-order valence-electron chi connectivity index (χ1n) is 8.84. The molecule has 2 aliphatic carbocycles. The number of halogens is 1. The number of phosphoric acid groups is 1. The van der Waals surface area contributed by atoms with E-state index in [-0.39, 0.29) is 23.7 Å². The molecule has 2 bridgehead atoms. The second kappa shape index (κ2) is 6.21. The van der Waals surface area contributed by atoms with Crippen LogP contribution >= 0.6 is 20.2 Å². The van der Waals surface area contributed by atoms with Crippen molar-refractivity contribution in [3.05, 3.63) is 35.4 Å². The Labute approximate surface area is 163 Å². The Balaban J connectivity index is 0.00000180. The molecule has 0 radical (unpaired) electrons. The molecule has 0 saturated carbocycles. The number of piperidine rings is 1. The van der Waals surface area contributed by atoms with Crippen molar-refractivity contribution in [1.29, 1.82) is 0 Å². The quantitative estimate of drug-likeness (QED) is 0.577. The fraction of sp³-hybridized carbons (Fsp3) is 0.556. The van der Waals surface area contributed by atoms with E-state index in [1.165, 1.54) is 5.56 Å². The lowest BCUT2D eigenvalue weighted by Crippen LogP contribution is -2.65. The lowest BCUT2D eigenvalue weighted by atomic mass is 9.53. The molecule has 2 aliphatic heterocycles. The fourth-order valence-corrected chi connectivity index (χ4v) is 6.12. The van der Waals surface area contributed by atoms with Crippen LogP contribution in [0.2, 0.25) is 0 Å². The Bertz CT molecular complexity index is 856. The van der Waals surface area contributed by atoms with Crippen molar-refractivity contribution in [3.8, 4) is 11.5 Å². The summed E-state index contributed by atoms with van der Waals surface area (Å²) in [6, 6.07) is 4.36. The minimum atomic E-state index is -4.63. The van der Waals surface area contributed by atoms with E-state index in [0.717, 1.165) is 24.9 Å². The van der Waals surface area contributed by atoms with Crippen LogP contribution in [0.15, 0.2) is 24.3 Å². The van der Waals surface area contributed by atoms with Crippen molar-refractivity contribution in [2.75, 3.05) is 20.7 Å². The van der Waals surface area contributed by atoms with Crippen LogP contribution in [0.3, 0.4) is 0 Å². The van der Waals surface area contributed by atoms with Gasteiger partial charge in [-0.2, -0.15) is 0 Å². The largest absolute Gasteiger partial charge is 0.493 e.